The maximum atomic E-state index is 10.2. The lowest BCUT2D eigenvalue weighted by molar-refractivity contribution is 0.0987. The molecule has 3 rings (SSSR count). The molecule has 1 aliphatic carbocycles. The van der Waals surface area contributed by atoms with Crippen molar-refractivity contribution in [3.05, 3.63) is 42.2 Å². The van der Waals surface area contributed by atoms with Crippen LogP contribution >= 0.6 is 0 Å². The summed E-state index contributed by atoms with van der Waals surface area (Å²) in [6.45, 7) is 4.38. The first-order valence-corrected chi connectivity index (χ1v) is 6.20. The maximum Gasteiger partial charge on any atom is 0.115 e. The highest BCUT2D eigenvalue weighted by atomic mass is 16.3. The molecule has 0 amide bonds. The van der Waals surface area contributed by atoms with E-state index in [1.165, 1.54) is 12.0 Å². The van der Waals surface area contributed by atoms with Gasteiger partial charge in [-0.25, -0.2) is 9.97 Å². The molecule has 0 radical (unpaired) electrons. The summed E-state index contributed by atoms with van der Waals surface area (Å²) in [6.07, 6.45) is 8.51. The Hall–Kier alpha value is -1.68. The van der Waals surface area contributed by atoms with Crippen LogP contribution in [0.4, 0.5) is 0 Å². The van der Waals surface area contributed by atoms with Gasteiger partial charge in [0.15, 0.2) is 0 Å². The van der Waals surface area contributed by atoms with Crippen LogP contribution in [0.15, 0.2) is 31.0 Å². The van der Waals surface area contributed by atoms with Crippen LogP contribution in [0.25, 0.3) is 5.69 Å². The molecule has 2 heterocycles. The van der Waals surface area contributed by atoms with Gasteiger partial charge in [0, 0.05) is 17.5 Å². The summed E-state index contributed by atoms with van der Waals surface area (Å²) in [6, 6.07) is 2.00. The van der Waals surface area contributed by atoms with Crippen molar-refractivity contribution in [2.24, 2.45) is 5.41 Å². The SMILES string of the molecule is CC1(C)Cc2c(ccn2-c2cncnc2)C(O)C1. The van der Waals surface area contributed by atoms with Crippen molar-refractivity contribution < 1.29 is 5.11 Å². The summed E-state index contributed by atoms with van der Waals surface area (Å²) in [5.74, 6) is 0. The topological polar surface area (TPSA) is 50.9 Å². The van der Waals surface area contributed by atoms with Gasteiger partial charge >= 0.3 is 0 Å². The quantitative estimate of drug-likeness (QED) is 0.836. The Morgan fingerprint density at radius 1 is 1.33 bits per heavy atom. The van der Waals surface area contributed by atoms with Crippen molar-refractivity contribution >= 4 is 0 Å². The standard InChI is InChI=1S/C14H17N3O/c1-14(2)5-12-11(13(18)6-14)3-4-17(12)10-7-15-9-16-8-10/h3-4,7-9,13,18H,5-6H2,1-2H3. The van der Waals surface area contributed by atoms with E-state index < -0.39 is 0 Å². The van der Waals surface area contributed by atoms with Crippen molar-refractivity contribution in [3.63, 3.8) is 0 Å². The molecule has 0 spiro atoms. The van der Waals surface area contributed by atoms with Crippen molar-refractivity contribution in [1.29, 1.82) is 0 Å². The minimum Gasteiger partial charge on any atom is -0.388 e. The Balaban J connectivity index is 2.10. The van der Waals surface area contributed by atoms with Gasteiger partial charge in [0.1, 0.15) is 6.33 Å². The number of hydrogen-bond donors (Lipinski definition) is 1. The monoisotopic (exact) mass is 243 g/mol. The lowest BCUT2D eigenvalue weighted by Gasteiger charge is -2.33. The van der Waals surface area contributed by atoms with Crippen LogP contribution in [0.3, 0.4) is 0 Å². The van der Waals surface area contributed by atoms with E-state index in [4.69, 9.17) is 0 Å². The summed E-state index contributed by atoms with van der Waals surface area (Å²) >= 11 is 0. The van der Waals surface area contributed by atoms with E-state index in [1.807, 2.05) is 12.3 Å². The molecular formula is C14H17N3O. The summed E-state index contributed by atoms with van der Waals surface area (Å²) in [5.41, 5.74) is 3.29. The zero-order valence-electron chi connectivity index (χ0n) is 10.7. The van der Waals surface area contributed by atoms with Crippen molar-refractivity contribution in [2.45, 2.75) is 32.8 Å². The molecule has 4 nitrogen and oxygen atoms in total. The Bertz CT molecular complexity index is 560. The normalized spacial score (nSPS) is 21.6. The van der Waals surface area contributed by atoms with Gasteiger partial charge in [-0.2, -0.15) is 0 Å². The Kier molecular flexibility index (Phi) is 2.48. The van der Waals surface area contributed by atoms with Crippen molar-refractivity contribution in [1.82, 2.24) is 14.5 Å². The third-order valence-corrected chi connectivity index (χ3v) is 3.60. The fourth-order valence-corrected chi connectivity index (χ4v) is 2.79. The molecule has 1 N–H and O–H groups in total. The maximum absolute atomic E-state index is 10.2. The molecule has 1 atom stereocenters. The third kappa shape index (κ3) is 1.82. The molecule has 0 saturated heterocycles. The molecule has 1 unspecified atom stereocenters. The minimum absolute atomic E-state index is 0.123. The summed E-state index contributed by atoms with van der Waals surface area (Å²) < 4.78 is 2.08. The molecule has 0 bridgehead atoms. The summed E-state index contributed by atoms with van der Waals surface area (Å²) in [5, 5.41) is 10.2. The van der Waals surface area contributed by atoms with E-state index in [2.05, 4.69) is 28.4 Å². The first-order chi connectivity index (χ1) is 8.57. The van der Waals surface area contributed by atoms with E-state index in [1.54, 1.807) is 12.4 Å². The highest BCUT2D eigenvalue weighted by Crippen LogP contribution is 2.41. The van der Waals surface area contributed by atoms with Crippen LogP contribution in [0.2, 0.25) is 0 Å². The third-order valence-electron chi connectivity index (χ3n) is 3.60. The first kappa shape index (κ1) is 11.4. The number of nitrogens with zero attached hydrogens (tertiary/aromatic N) is 3. The summed E-state index contributed by atoms with van der Waals surface area (Å²) in [7, 11) is 0. The number of aliphatic hydroxyl groups is 1. The number of rotatable bonds is 1. The average molecular weight is 243 g/mol. The van der Waals surface area contributed by atoms with Gasteiger partial charge in [-0.1, -0.05) is 13.8 Å². The van der Waals surface area contributed by atoms with Gasteiger partial charge in [-0.05, 0) is 24.3 Å². The second kappa shape index (κ2) is 3.92. The van der Waals surface area contributed by atoms with Crippen molar-refractivity contribution in [2.75, 3.05) is 0 Å². The Morgan fingerprint density at radius 2 is 2.06 bits per heavy atom. The largest absolute Gasteiger partial charge is 0.388 e. The Labute approximate surface area is 106 Å². The molecular weight excluding hydrogens is 226 g/mol. The molecule has 0 fully saturated rings. The molecule has 4 heteroatoms. The van der Waals surface area contributed by atoms with Crippen LogP contribution in [0.1, 0.15) is 37.6 Å². The smallest absolute Gasteiger partial charge is 0.115 e. The molecule has 0 saturated carbocycles. The van der Waals surface area contributed by atoms with Gasteiger partial charge in [-0.15, -0.1) is 0 Å². The lowest BCUT2D eigenvalue weighted by atomic mass is 9.75. The van der Waals surface area contributed by atoms with Gasteiger partial charge in [-0.3, -0.25) is 0 Å². The molecule has 2 aromatic heterocycles. The predicted octanol–water partition coefficient (Wildman–Crippen LogP) is 2.27. The molecule has 18 heavy (non-hydrogen) atoms. The lowest BCUT2D eigenvalue weighted by Crippen LogP contribution is -2.26. The predicted molar refractivity (Wildman–Crippen MR) is 68.4 cm³/mol. The molecule has 2 aromatic rings. The number of hydrogen-bond acceptors (Lipinski definition) is 3. The summed E-state index contributed by atoms with van der Waals surface area (Å²) in [4.78, 5) is 8.10. The number of fused-ring (bicyclic) bond motifs is 1. The second-order valence-electron chi connectivity index (χ2n) is 5.75. The molecule has 1 aliphatic rings. The fraction of sp³-hybridized carbons (Fsp3) is 0.429. The van der Waals surface area contributed by atoms with Crippen LogP contribution in [0.5, 0.6) is 0 Å². The highest BCUT2D eigenvalue weighted by Gasteiger charge is 2.33. The van der Waals surface area contributed by atoms with Gasteiger partial charge in [0.05, 0.1) is 24.2 Å². The highest BCUT2D eigenvalue weighted by molar-refractivity contribution is 5.37. The fourth-order valence-electron chi connectivity index (χ4n) is 2.79. The van der Waals surface area contributed by atoms with Gasteiger partial charge in [0.25, 0.3) is 0 Å². The number of aromatic nitrogens is 3. The zero-order valence-corrected chi connectivity index (χ0v) is 10.7. The van der Waals surface area contributed by atoms with Crippen LogP contribution < -0.4 is 0 Å². The van der Waals surface area contributed by atoms with Crippen LogP contribution in [-0.4, -0.2) is 19.6 Å². The molecule has 94 valence electrons. The van der Waals surface area contributed by atoms with Crippen LogP contribution in [0, 0.1) is 5.41 Å². The first-order valence-electron chi connectivity index (χ1n) is 6.20. The van der Waals surface area contributed by atoms with Gasteiger partial charge < -0.3 is 9.67 Å². The van der Waals surface area contributed by atoms with E-state index in [-0.39, 0.29) is 11.5 Å². The van der Waals surface area contributed by atoms with Gasteiger partial charge in [0.2, 0.25) is 0 Å². The Morgan fingerprint density at radius 3 is 2.78 bits per heavy atom. The van der Waals surface area contributed by atoms with E-state index in [0.717, 1.165) is 24.1 Å². The zero-order chi connectivity index (χ0) is 12.8. The van der Waals surface area contributed by atoms with E-state index >= 15 is 0 Å². The van der Waals surface area contributed by atoms with Crippen LogP contribution in [-0.2, 0) is 6.42 Å². The second-order valence-corrected chi connectivity index (χ2v) is 5.75. The van der Waals surface area contributed by atoms with Crippen molar-refractivity contribution in [3.8, 4) is 5.69 Å². The number of aliphatic hydroxyl groups excluding tert-OH is 1. The molecule has 0 aromatic carbocycles. The van der Waals surface area contributed by atoms with E-state index in [0.29, 0.717) is 0 Å². The average Bonchev–Trinajstić information content (AvgIpc) is 2.72. The molecule has 0 aliphatic heterocycles. The minimum atomic E-state index is -0.366. The van der Waals surface area contributed by atoms with E-state index in [9.17, 15) is 5.11 Å².